The monoisotopic (exact) mass is 302 g/mol. The van der Waals surface area contributed by atoms with Crippen molar-refractivity contribution in [3.8, 4) is 11.8 Å². The van der Waals surface area contributed by atoms with Gasteiger partial charge in [-0.2, -0.15) is 0 Å². The molecule has 0 bridgehead atoms. The summed E-state index contributed by atoms with van der Waals surface area (Å²) in [5, 5.41) is 3.03. The predicted octanol–water partition coefficient (Wildman–Crippen LogP) is 3.04. The molecule has 3 N–H and O–H groups in total. The fourth-order valence-corrected chi connectivity index (χ4v) is 1.77. The van der Waals surface area contributed by atoms with Crippen molar-refractivity contribution in [2.24, 2.45) is 5.73 Å². The van der Waals surface area contributed by atoms with Gasteiger partial charge < -0.3 is 11.1 Å². The molecule has 0 aromatic heterocycles. The van der Waals surface area contributed by atoms with Crippen molar-refractivity contribution in [2.75, 3.05) is 11.9 Å². The van der Waals surface area contributed by atoms with Crippen LogP contribution in [0.4, 0.5) is 10.1 Å². The molecule has 0 saturated heterocycles. The van der Waals surface area contributed by atoms with Crippen LogP contribution in [0.5, 0.6) is 0 Å². The van der Waals surface area contributed by atoms with E-state index in [1.165, 1.54) is 12.1 Å². The van der Waals surface area contributed by atoms with Crippen LogP contribution >= 0.6 is 11.6 Å². The van der Waals surface area contributed by atoms with Crippen molar-refractivity contribution in [1.29, 1.82) is 0 Å². The van der Waals surface area contributed by atoms with Crippen LogP contribution in [0, 0.1) is 17.7 Å². The number of carbonyl (C=O) groups is 1. The van der Waals surface area contributed by atoms with Gasteiger partial charge in [0.2, 0.25) is 0 Å². The van der Waals surface area contributed by atoms with Crippen molar-refractivity contribution in [3.63, 3.8) is 0 Å². The Morgan fingerprint density at radius 1 is 1.24 bits per heavy atom. The van der Waals surface area contributed by atoms with Gasteiger partial charge in [0, 0.05) is 16.1 Å². The van der Waals surface area contributed by atoms with E-state index in [0.29, 0.717) is 16.1 Å². The highest BCUT2D eigenvalue weighted by molar-refractivity contribution is 6.30. The van der Waals surface area contributed by atoms with Crippen LogP contribution < -0.4 is 11.1 Å². The second-order valence-corrected chi connectivity index (χ2v) is 4.60. The van der Waals surface area contributed by atoms with Crippen LogP contribution in [0.15, 0.2) is 42.5 Å². The Bertz CT molecular complexity index is 717. The summed E-state index contributed by atoms with van der Waals surface area (Å²) >= 11 is 5.75. The van der Waals surface area contributed by atoms with Gasteiger partial charge in [-0.1, -0.05) is 23.4 Å². The van der Waals surface area contributed by atoms with Crippen molar-refractivity contribution < 1.29 is 9.18 Å². The fourth-order valence-electron chi connectivity index (χ4n) is 1.64. The highest BCUT2D eigenvalue weighted by Crippen LogP contribution is 2.17. The summed E-state index contributed by atoms with van der Waals surface area (Å²) in [7, 11) is 0. The minimum atomic E-state index is -0.555. The third kappa shape index (κ3) is 4.06. The second-order valence-electron chi connectivity index (χ2n) is 4.16. The number of hydrogen-bond acceptors (Lipinski definition) is 2. The molecule has 1 amide bonds. The fraction of sp³-hybridized carbons (Fsp3) is 0.0625. The van der Waals surface area contributed by atoms with Gasteiger partial charge in [0.15, 0.2) is 0 Å². The number of carbonyl (C=O) groups excluding carboxylic acids is 1. The molecule has 0 heterocycles. The molecule has 2 rings (SSSR count). The molecule has 106 valence electrons. The van der Waals surface area contributed by atoms with Crippen LogP contribution in [-0.4, -0.2) is 12.5 Å². The minimum Gasteiger partial charge on any atom is -0.320 e. The van der Waals surface area contributed by atoms with E-state index in [1.807, 2.05) is 0 Å². The Kier molecular flexibility index (Phi) is 4.94. The SMILES string of the molecule is NCC#Cc1ccc(NC(=O)c2ccc(Cl)cc2)c(F)c1. The van der Waals surface area contributed by atoms with Crippen molar-refractivity contribution in [3.05, 3.63) is 64.4 Å². The van der Waals surface area contributed by atoms with Crippen LogP contribution in [0.25, 0.3) is 0 Å². The van der Waals surface area contributed by atoms with Gasteiger partial charge in [0.1, 0.15) is 5.82 Å². The molecule has 5 heteroatoms. The zero-order valence-corrected chi connectivity index (χ0v) is 11.7. The predicted molar refractivity (Wildman–Crippen MR) is 81.7 cm³/mol. The van der Waals surface area contributed by atoms with Crippen LogP contribution in [0.3, 0.4) is 0 Å². The lowest BCUT2D eigenvalue weighted by Gasteiger charge is -2.07. The molecule has 0 spiro atoms. The minimum absolute atomic E-state index is 0.0910. The van der Waals surface area contributed by atoms with E-state index in [4.69, 9.17) is 17.3 Å². The third-order valence-electron chi connectivity index (χ3n) is 2.66. The van der Waals surface area contributed by atoms with Gasteiger partial charge >= 0.3 is 0 Å². The van der Waals surface area contributed by atoms with E-state index in [-0.39, 0.29) is 12.2 Å². The number of anilines is 1. The van der Waals surface area contributed by atoms with E-state index < -0.39 is 11.7 Å². The van der Waals surface area contributed by atoms with Gasteiger partial charge in [-0.25, -0.2) is 4.39 Å². The number of amides is 1. The average Bonchev–Trinajstić information content (AvgIpc) is 2.48. The standard InChI is InChI=1S/C16H12ClFN2O/c17-13-6-4-12(5-7-13)16(21)20-15-8-3-11(2-1-9-19)10-14(15)18/h3-8,10H,9,19H2,(H,20,21). The molecule has 0 aliphatic heterocycles. The first-order valence-corrected chi connectivity index (χ1v) is 6.53. The highest BCUT2D eigenvalue weighted by atomic mass is 35.5. The molecule has 0 saturated carbocycles. The van der Waals surface area contributed by atoms with Crippen molar-refractivity contribution in [2.45, 2.75) is 0 Å². The Hall–Kier alpha value is -2.35. The van der Waals surface area contributed by atoms with E-state index in [0.717, 1.165) is 0 Å². The van der Waals surface area contributed by atoms with Gasteiger partial charge in [-0.05, 0) is 42.5 Å². The summed E-state index contributed by atoms with van der Waals surface area (Å²) in [5.41, 5.74) is 6.24. The van der Waals surface area contributed by atoms with Gasteiger partial charge in [0.05, 0.1) is 12.2 Å². The molecular formula is C16H12ClFN2O. The lowest BCUT2D eigenvalue weighted by Crippen LogP contribution is -2.12. The molecule has 0 atom stereocenters. The van der Waals surface area contributed by atoms with Gasteiger partial charge in [0.25, 0.3) is 5.91 Å². The second kappa shape index (κ2) is 6.89. The first-order chi connectivity index (χ1) is 10.1. The van der Waals surface area contributed by atoms with E-state index >= 15 is 0 Å². The van der Waals surface area contributed by atoms with E-state index in [9.17, 15) is 9.18 Å². The first-order valence-electron chi connectivity index (χ1n) is 6.15. The summed E-state index contributed by atoms with van der Waals surface area (Å²) in [6, 6.07) is 10.6. The normalized spacial score (nSPS) is 9.67. The molecule has 0 fully saturated rings. The first kappa shape index (κ1) is 15.0. The summed E-state index contributed by atoms with van der Waals surface area (Å²) in [4.78, 5) is 12.0. The molecule has 0 aliphatic rings. The number of hydrogen-bond donors (Lipinski definition) is 2. The smallest absolute Gasteiger partial charge is 0.255 e. The maximum Gasteiger partial charge on any atom is 0.255 e. The topological polar surface area (TPSA) is 55.1 Å². The van der Waals surface area contributed by atoms with E-state index in [2.05, 4.69) is 17.2 Å². The Labute approximate surface area is 126 Å². The molecular weight excluding hydrogens is 291 g/mol. The third-order valence-corrected chi connectivity index (χ3v) is 2.91. The highest BCUT2D eigenvalue weighted by Gasteiger charge is 2.09. The number of halogens is 2. The van der Waals surface area contributed by atoms with Crippen molar-refractivity contribution >= 4 is 23.2 Å². The number of nitrogens with one attached hydrogen (secondary N) is 1. The summed E-state index contributed by atoms with van der Waals surface area (Å²) in [6.07, 6.45) is 0. The largest absolute Gasteiger partial charge is 0.320 e. The van der Waals surface area contributed by atoms with Gasteiger partial charge in [-0.15, -0.1) is 0 Å². The number of benzene rings is 2. The summed E-state index contributed by atoms with van der Waals surface area (Å²) in [6.45, 7) is 0.205. The Balaban J connectivity index is 2.16. The van der Waals surface area contributed by atoms with Crippen LogP contribution in [0.2, 0.25) is 5.02 Å². The molecule has 3 nitrogen and oxygen atoms in total. The molecule has 21 heavy (non-hydrogen) atoms. The molecule has 0 unspecified atom stereocenters. The van der Waals surface area contributed by atoms with E-state index in [1.54, 1.807) is 30.3 Å². The Morgan fingerprint density at radius 3 is 2.57 bits per heavy atom. The maximum absolute atomic E-state index is 13.9. The molecule has 2 aromatic rings. The zero-order chi connectivity index (χ0) is 15.2. The quantitative estimate of drug-likeness (QED) is 0.838. The maximum atomic E-state index is 13.9. The lowest BCUT2D eigenvalue weighted by atomic mass is 10.1. The number of nitrogens with two attached hydrogens (primary N) is 1. The molecule has 2 aromatic carbocycles. The Morgan fingerprint density at radius 2 is 1.95 bits per heavy atom. The average molecular weight is 303 g/mol. The lowest BCUT2D eigenvalue weighted by molar-refractivity contribution is 0.102. The van der Waals surface area contributed by atoms with Crippen molar-refractivity contribution in [1.82, 2.24) is 0 Å². The summed E-state index contributed by atoms with van der Waals surface area (Å²) < 4.78 is 13.9. The molecule has 0 radical (unpaired) electrons. The number of rotatable bonds is 2. The van der Waals surface area contributed by atoms with Gasteiger partial charge in [-0.3, -0.25) is 4.79 Å². The summed E-state index contributed by atoms with van der Waals surface area (Å²) in [5.74, 6) is 4.39. The van der Waals surface area contributed by atoms with Crippen LogP contribution in [0.1, 0.15) is 15.9 Å². The molecule has 0 aliphatic carbocycles. The zero-order valence-electron chi connectivity index (χ0n) is 11.0. The van der Waals surface area contributed by atoms with Crippen LogP contribution in [-0.2, 0) is 0 Å².